The number of nitrogens with zero attached hydrogens (tertiary/aromatic N) is 2. The van der Waals surface area contributed by atoms with Crippen LogP contribution < -0.4 is 5.32 Å². The van der Waals surface area contributed by atoms with Crippen molar-refractivity contribution in [2.45, 2.75) is 6.54 Å². The number of furan rings is 1. The Balaban J connectivity index is 1.70. The first kappa shape index (κ1) is 13.9. The van der Waals surface area contributed by atoms with Crippen LogP contribution in [0.2, 0.25) is 0 Å². The molecule has 0 aliphatic rings. The van der Waals surface area contributed by atoms with Crippen LogP contribution in [-0.4, -0.2) is 16.1 Å². The van der Waals surface area contributed by atoms with E-state index in [0.29, 0.717) is 5.76 Å². The molecule has 0 fully saturated rings. The minimum atomic E-state index is -0.748. The van der Waals surface area contributed by atoms with Gasteiger partial charge >= 0.3 is 11.8 Å². The predicted molar refractivity (Wildman–Crippen MR) is 69.5 cm³/mol. The number of hydrogen-bond acceptors (Lipinski definition) is 5. The van der Waals surface area contributed by atoms with E-state index in [0.717, 1.165) is 12.1 Å². The van der Waals surface area contributed by atoms with Gasteiger partial charge in [0.2, 0.25) is 0 Å². The molecule has 0 atom stereocenters. The minimum absolute atomic E-state index is 0.0345. The lowest BCUT2D eigenvalue weighted by molar-refractivity contribution is 0.0916. The summed E-state index contributed by atoms with van der Waals surface area (Å²) in [5.74, 6) is -2.22. The SMILES string of the molecule is O=C(NCc1c(F)cccc1F)c1nnc(-c2ccco2)o1. The van der Waals surface area contributed by atoms with Crippen LogP contribution in [0.25, 0.3) is 11.7 Å². The lowest BCUT2D eigenvalue weighted by Crippen LogP contribution is -2.24. The molecule has 1 amide bonds. The van der Waals surface area contributed by atoms with Gasteiger partial charge in [-0.1, -0.05) is 6.07 Å². The van der Waals surface area contributed by atoms with Crippen molar-refractivity contribution >= 4 is 5.91 Å². The Morgan fingerprint density at radius 3 is 2.59 bits per heavy atom. The van der Waals surface area contributed by atoms with E-state index < -0.39 is 17.5 Å². The number of benzene rings is 1. The van der Waals surface area contributed by atoms with E-state index in [-0.39, 0.29) is 23.9 Å². The molecule has 3 rings (SSSR count). The molecule has 0 aliphatic carbocycles. The number of aromatic nitrogens is 2. The van der Waals surface area contributed by atoms with E-state index in [1.807, 2.05) is 0 Å². The zero-order valence-electron chi connectivity index (χ0n) is 11.0. The van der Waals surface area contributed by atoms with Crippen molar-refractivity contribution in [1.82, 2.24) is 15.5 Å². The molecule has 0 bridgehead atoms. The minimum Gasteiger partial charge on any atom is -0.459 e. The third-order valence-corrected chi connectivity index (χ3v) is 2.84. The van der Waals surface area contributed by atoms with Gasteiger partial charge in [-0.05, 0) is 24.3 Å². The van der Waals surface area contributed by atoms with Crippen molar-refractivity contribution in [2.75, 3.05) is 0 Å². The number of halogens is 2. The summed E-state index contributed by atoms with van der Waals surface area (Å²) in [4.78, 5) is 11.8. The average Bonchev–Trinajstić information content (AvgIpc) is 3.17. The largest absolute Gasteiger partial charge is 0.459 e. The highest BCUT2D eigenvalue weighted by Gasteiger charge is 2.18. The molecular weight excluding hydrogens is 296 g/mol. The van der Waals surface area contributed by atoms with Gasteiger partial charge in [0.05, 0.1) is 6.26 Å². The first-order chi connectivity index (χ1) is 10.6. The lowest BCUT2D eigenvalue weighted by atomic mass is 10.2. The number of nitrogens with one attached hydrogen (secondary N) is 1. The summed E-state index contributed by atoms with van der Waals surface area (Å²) in [6, 6.07) is 6.66. The lowest BCUT2D eigenvalue weighted by Gasteiger charge is -2.05. The van der Waals surface area contributed by atoms with Crippen LogP contribution in [-0.2, 0) is 6.54 Å². The molecule has 2 aromatic heterocycles. The first-order valence-electron chi connectivity index (χ1n) is 6.23. The second kappa shape index (κ2) is 5.76. The summed E-state index contributed by atoms with van der Waals surface area (Å²) >= 11 is 0. The average molecular weight is 305 g/mol. The highest BCUT2D eigenvalue weighted by atomic mass is 19.1. The van der Waals surface area contributed by atoms with Crippen molar-refractivity contribution in [2.24, 2.45) is 0 Å². The highest BCUT2D eigenvalue weighted by Crippen LogP contribution is 2.18. The second-order valence-corrected chi connectivity index (χ2v) is 4.27. The van der Waals surface area contributed by atoms with Crippen LogP contribution >= 0.6 is 0 Å². The van der Waals surface area contributed by atoms with Crippen LogP contribution in [0.5, 0.6) is 0 Å². The number of rotatable bonds is 4. The Hall–Kier alpha value is -3.03. The Bertz CT molecular complexity index is 779. The first-order valence-corrected chi connectivity index (χ1v) is 6.23. The van der Waals surface area contributed by atoms with Gasteiger partial charge in [-0.15, -0.1) is 10.2 Å². The zero-order chi connectivity index (χ0) is 15.5. The van der Waals surface area contributed by atoms with E-state index in [1.54, 1.807) is 12.1 Å². The van der Waals surface area contributed by atoms with Gasteiger partial charge in [0.25, 0.3) is 5.89 Å². The Labute approximate surface area is 122 Å². The van der Waals surface area contributed by atoms with Crippen molar-refractivity contribution in [1.29, 1.82) is 0 Å². The molecule has 6 nitrogen and oxygen atoms in total. The van der Waals surface area contributed by atoms with Crippen LogP contribution in [0.4, 0.5) is 8.78 Å². The van der Waals surface area contributed by atoms with Crippen molar-refractivity contribution < 1.29 is 22.4 Å². The molecule has 0 spiro atoms. The Kier molecular flexibility index (Phi) is 3.65. The van der Waals surface area contributed by atoms with Gasteiger partial charge in [0.15, 0.2) is 5.76 Å². The molecule has 1 N–H and O–H groups in total. The maximum Gasteiger partial charge on any atom is 0.309 e. The zero-order valence-corrected chi connectivity index (χ0v) is 11.0. The second-order valence-electron chi connectivity index (χ2n) is 4.27. The van der Waals surface area contributed by atoms with Gasteiger partial charge in [0.1, 0.15) is 11.6 Å². The molecule has 0 aliphatic heterocycles. The van der Waals surface area contributed by atoms with E-state index in [9.17, 15) is 13.6 Å². The summed E-state index contributed by atoms with van der Waals surface area (Å²) in [7, 11) is 0. The van der Waals surface area contributed by atoms with E-state index in [1.165, 1.54) is 12.3 Å². The summed E-state index contributed by atoms with van der Waals surface area (Å²) < 4.78 is 37.0. The third kappa shape index (κ3) is 2.71. The van der Waals surface area contributed by atoms with Crippen LogP contribution in [0, 0.1) is 11.6 Å². The Morgan fingerprint density at radius 2 is 1.91 bits per heavy atom. The Morgan fingerprint density at radius 1 is 1.14 bits per heavy atom. The third-order valence-electron chi connectivity index (χ3n) is 2.84. The van der Waals surface area contributed by atoms with Crippen LogP contribution in [0.3, 0.4) is 0 Å². The fraction of sp³-hybridized carbons (Fsp3) is 0.0714. The molecule has 2 heterocycles. The maximum atomic E-state index is 13.4. The topological polar surface area (TPSA) is 81.2 Å². The molecular formula is C14H9F2N3O3. The normalized spacial score (nSPS) is 10.6. The van der Waals surface area contributed by atoms with Gasteiger partial charge in [-0.3, -0.25) is 4.79 Å². The summed E-state index contributed by atoms with van der Waals surface area (Å²) in [5, 5.41) is 9.51. The highest BCUT2D eigenvalue weighted by molar-refractivity contribution is 5.89. The fourth-order valence-electron chi connectivity index (χ4n) is 1.76. The van der Waals surface area contributed by atoms with Crippen molar-refractivity contribution in [3.8, 4) is 11.7 Å². The maximum absolute atomic E-state index is 13.4. The van der Waals surface area contributed by atoms with Crippen LogP contribution in [0.1, 0.15) is 16.2 Å². The standard InChI is InChI=1S/C14H9F2N3O3/c15-9-3-1-4-10(16)8(9)7-17-12(20)14-19-18-13(22-14)11-5-2-6-21-11/h1-6H,7H2,(H,17,20). The molecule has 3 aromatic rings. The van der Waals surface area contributed by atoms with Crippen LogP contribution in [0.15, 0.2) is 45.4 Å². The quantitative estimate of drug-likeness (QED) is 0.801. The number of amides is 1. The summed E-state index contributed by atoms with van der Waals surface area (Å²) in [6.45, 7) is -0.337. The molecule has 8 heteroatoms. The molecule has 112 valence electrons. The fourth-order valence-corrected chi connectivity index (χ4v) is 1.76. The molecule has 0 radical (unpaired) electrons. The smallest absolute Gasteiger partial charge is 0.309 e. The van der Waals surface area contributed by atoms with Gasteiger partial charge in [0, 0.05) is 12.1 Å². The van der Waals surface area contributed by atoms with Crippen molar-refractivity contribution in [3.63, 3.8) is 0 Å². The van der Waals surface area contributed by atoms with E-state index in [4.69, 9.17) is 8.83 Å². The van der Waals surface area contributed by atoms with Gasteiger partial charge < -0.3 is 14.2 Å². The van der Waals surface area contributed by atoms with E-state index >= 15 is 0 Å². The number of hydrogen-bond donors (Lipinski definition) is 1. The molecule has 0 unspecified atom stereocenters. The predicted octanol–water partition coefficient (Wildman–Crippen LogP) is 2.54. The number of carbonyl (C=O) groups is 1. The number of carbonyl (C=O) groups excluding carboxylic acids is 1. The summed E-state index contributed by atoms with van der Waals surface area (Å²) in [6.07, 6.45) is 1.42. The monoisotopic (exact) mass is 305 g/mol. The molecule has 0 saturated carbocycles. The molecule has 0 saturated heterocycles. The summed E-state index contributed by atoms with van der Waals surface area (Å²) in [5.41, 5.74) is -0.248. The van der Waals surface area contributed by atoms with Gasteiger partial charge in [-0.25, -0.2) is 8.78 Å². The van der Waals surface area contributed by atoms with Crippen molar-refractivity contribution in [3.05, 3.63) is 59.7 Å². The molecule has 22 heavy (non-hydrogen) atoms. The van der Waals surface area contributed by atoms with E-state index in [2.05, 4.69) is 15.5 Å². The molecule has 1 aromatic carbocycles. The van der Waals surface area contributed by atoms with Gasteiger partial charge in [-0.2, -0.15) is 0 Å².